The number of carboxylic acid groups (broad SMARTS) is 1. The molecule has 21 heavy (non-hydrogen) atoms. The number of halogens is 1. The van der Waals surface area contributed by atoms with Gasteiger partial charge in [-0.15, -0.1) is 0 Å². The standard InChI is InChI=1S/C15H20BrNO4/c1-9(2)8-13(15(19)20)17-14(18)10(3)21-12-6-4-11(16)5-7-12/h4-7,9-10,13H,8H2,1-3H3,(H,17,18)(H,19,20)/t10?,13-/m0/s1. The molecule has 0 aliphatic rings. The second-order valence-corrected chi connectivity index (χ2v) is 6.16. The van der Waals surface area contributed by atoms with Crippen LogP contribution in [0.5, 0.6) is 5.75 Å². The summed E-state index contributed by atoms with van der Waals surface area (Å²) < 4.78 is 6.40. The van der Waals surface area contributed by atoms with E-state index in [-0.39, 0.29) is 5.92 Å². The zero-order valence-corrected chi connectivity index (χ0v) is 13.9. The SMILES string of the molecule is CC(C)C[C@H](NC(=O)C(C)Oc1ccc(Br)cc1)C(=O)O. The number of hydrogen-bond donors (Lipinski definition) is 2. The van der Waals surface area contributed by atoms with Crippen LogP contribution in [0, 0.1) is 5.92 Å². The monoisotopic (exact) mass is 357 g/mol. The Hall–Kier alpha value is -1.56. The minimum Gasteiger partial charge on any atom is -0.481 e. The summed E-state index contributed by atoms with van der Waals surface area (Å²) in [6.45, 7) is 5.40. The lowest BCUT2D eigenvalue weighted by molar-refractivity contribution is -0.143. The second kappa shape index (κ2) is 8.02. The van der Waals surface area contributed by atoms with Gasteiger partial charge >= 0.3 is 5.97 Å². The van der Waals surface area contributed by atoms with Crippen molar-refractivity contribution in [2.45, 2.75) is 39.3 Å². The minimum atomic E-state index is -1.03. The van der Waals surface area contributed by atoms with E-state index in [4.69, 9.17) is 9.84 Å². The van der Waals surface area contributed by atoms with Gasteiger partial charge in [0.25, 0.3) is 5.91 Å². The van der Waals surface area contributed by atoms with Gasteiger partial charge in [0.05, 0.1) is 0 Å². The highest BCUT2D eigenvalue weighted by molar-refractivity contribution is 9.10. The molecule has 0 fully saturated rings. The lowest BCUT2D eigenvalue weighted by Crippen LogP contribution is -2.46. The average Bonchev–Trinajstić information content (AvgIpc) is 2.39. The van der Waals surface area contributed by atoms with Crippen molar-refractivity contribution in [1.82, 2.24) is 5.32 Å². The highest BCUT2D eigenvalue weighted by atomic mass is 79.9. The predicted molar refractivity (Wildman–Crippen MR) is 83.3 cm³/mol. The molecule has 1 aromatic rings. The van der Waals surface area contributed by atoms with E-state index >= 15 is 0 Å². The van der Waals surface area contributed by atoms with Crippen LogP contribution < -0.4 is 10.1 Å². The quantitative estimate of drug-likeness (QED) is 0.786. The third-order valence-corrected chi connectivity index (χ3v) is 3.35. The van der Waals surface area contributed by atoms with Gasteiger partial charge in [-0.05, 0) is 43.5 Å². The number of benzene rings is 1. The van der Waals surface area contributed by atoms with Crippen LogP contribution >= 0.6 is 15.9 Å². The highest BCUT2D eigenvalue weighted by Gasteiger charge is 2.24. The summed E-state index contributed by atoms with van der Waals surface area (Å²) in [6, 6.07) is 6.18. The van der Waals surface area contributed by atoms with Crippen LogP contribution in [0.1, 0.15) is 27.2 Å². The molecular formula is C15H20BrNO4. The molecule has 5 nitrogen and oxygen atoms in total. The maximum atomic E-state index is 12.0. The number of hydrogen-bond acceptors (Lipinski definition) is 3. The van der Waals surface area contributed by atoms with Crippen LogP contribution in [0.15, 0.2) is 28.7 Å². The topological polar surface area (TPSA) is 75.6 Å². The lowest BCUT2D eigenvalue weighted by Gasteiger charge is -2.20. The van der Waals surface area contributed by atoms with Gasteiger partial charge in [0.15, 0.2) is 6.10 Å². The maximum Gasteiger partial charge on any atom is 0.326 e. The van der Waals surface area contributed by atoms with Gasteiger partial charge in [-0.2, -0.15) is 0 Å². The van der Waals surface area contributed by atoms with Gasteiger partial charge in [0.1, 0.15) is 11.8 Å². The third kappa shape index (κ3) is 6.16. The number of carbonyl (C=O) groups is 2. The first-order chi connectivity index (χ1) is 9.79. The Morgan fingerprint density at radius 3 is 2.29 bits per heavy atom. The molecule has 6 heteroatoms. The van der Waals surface area contributed by atoms with E-state index in [9.17, 15) is 9.59 Å². The van der Waals surface area contributed by atoms with E-state index in [2.05, 4.69) is 21.2 Å². The summed E-state index contributed by atoms with van der Waals surface area (Å²) in [5, 5.41) is 11.6. The fourth-order valence-corrected chi connectivity index (χ4v) is 2.02. The zero-order chi connectivity index (χ0) is 16.0. The van der Waals surface area contributed by atoms with Crippen molar-refractivity contribution >= 4 is 27.8 Å². The fourth-order valence-electron chi connectivity index (χ4n) is 1.75. The molecule has 0 heterocycles. The van der Waals surface area contributed by atoms with Crippen molar-refractivity contribution in [3.63, 3.8) is 0 Å². The van der Waals surface area contributed by atoms with Crippen molar-refractivity contribution in [1.29, 1.82) is 0 Å². The highest BCUT2D eigenvalue weighted by Crippen LogP contribution is 2.17. The van der Waals surface area contributed by atoms with E-state index in [0.717, 1.165) is 4.47 Å². The second-order valence-electron chi connectivity index (χ2n) is 5.24. The zero-order valence-electron chi connectivity index (χ0n) is 12.3. The molecule has 0 saturated heterocycles. The summed E-state index contributed by atoms with van der Waals surface area (Å²) in [5.41, 5.74) is 0. The normalized spacial score (nSPS) is 13.6. The first-order valence-corrected chi connectivity index (χ1v) is 7.54. The van der Waals surface area contributed by atoms with Gasteiger partial charge in [-0.3, -0.25) is 4.79 Å². The molecule has 1 aromatic carbocycles. The van der Waals surface area contributed by atoms with Crippen LogP contribution in [0.2, 0.25) is 0 Å². The Labute approximate surface area is 132 Å². The fraction of sp³-hybridized carbons (Fsp3) is 0.467. The maximum absolute atomic E-state index is 12.0. The molecule has 0 spiro atoms. The molecule has 2 atom stereocenters. The number of ether oxygens (including phenoxy) is 1. The number of carbonyl (C=O) groups excluding carboxylic acids is 1. The number of rotatable bonds is 7. The summed E-state index contributed by atoms with van der Waals surface area (Å²) in [6.07, 6.45) is -0.383. The third-order valence-electron chi connectivity index (χ3n) is 2.82. The molecule has 0 radical (unpaired) electrons. The van der Waals surface area contributed by atoms with Gasteiger partial charge in [-0.1, -0.05) is 29.8 Å². The van der Waals surface area contributed by atoms with Crippen LogP contribution in [0.3, 0.4) is 0 Å². The number of amides is 1. The molecule has 1 amide bonds. The lowest BCUT2D eigenvalue weighted by atomic mass is 10.0. The minimum absolute atomic E-state index is 0.175. The number of aliphatic carboxylic acids is 1. The van der Waals surface area contributed by atoms with E-state index in [1.165, 1.54) is 0 Å². The van der Waals surface area contributed by atoms with Crippen molar-refractivity contribution < 1.29 is 19.4 Å². The first-order valence-electron chi connectivity index (χ1n) is 6.75. The Balaban J connectivity index is 2.60. The molecule has 1 rings (SSSR count). The van der Waals surface area contributed by atoms with Crippen molar-refractivity contribution in [3.05, 3.63) is 28.7 Å². The Bertz CT molecular complexity index is 487. The van der Waals surface area contributed by atoms with Gasteiger partial charge < -0.3 is 15.2 Å². The van der Waals surface area contributed by atoms with Gasteiger partial charge in [0, 0.05) is 4.47 Å². The summed E-state index contributed by atoms with van der Waals surface area (Å²) >= 11 is 3.31. The predicted octanol–water partition coefficient (Wildman–Crippen LogP) is 2.83. The molecule has 116 valence electrons. The van der Waals surface area contributed by atoms with Crippen LogP contribution in [-0.2, 0) is 9.59 Å². The Kier molecular flexibility index (Phi) is 6.68. The molecule has 2 N–H and O–H groups in total. The van der Waals surface area contributed by atoms with Crippen molar-refractivity contribution in [2.75, 3.05) is 0 Å². The van der Waals surface area contributed by atoms with E-state index in [1.54, 1.807) is 31.2 Å². The molecule has 0 saturated carbocycles. The smallest absolute Gasteiger partial charge is 0.326 e. The molecule has 0 aliphatic carbocycles. The number of nitrogens with one attached hydrogen (secondary N) is 1. The van der Waals surface area contributed by atoms with E-state index in [0.29, 0.717) is 12.2 Å². The number of carboxylic acids is 1. The van der Waals surface area contributed by atoms with E-state index in [1.807, 2.05) is 13.8 Å². The Morgan fingerprint density at radius 1 is 1.24 bits per heavy atom. The molecule has 1 unspecified atom stereocenters. The summed E-state index contributed by atoms with van der Waals surface area (Å²) in [4.78, 5) is 23.1. The molecular weight excluding hydrogens is 338 g/mol. The molecule has 0 aliphatic heterocycles. The van der Waals surface area contributed by atoms with Crippen LogP contribution in [0.25, 0.3) is 0 Å². The average molecular weight is 358 g/mol. The van der Waals surface area contributed by atoms with Crippen LogP contribution in [0.4, 0.5) is 0 Å². The largest absolute Gasteiger partial charge is 0.481 e. The Morgan fingerprint density at radius 2 is 1.81 bits per heavy atom. The molecule has 0 aromatic heterocycles. The van der Waals surface area contributed by atoms with Gasteiger partial charge in [-0.25, -0.2) is 4.79 Å². The molecule has 0 bridgehead atoms. The van der Waals surface area contributed by atoms with Gasteiger partial charge in [0.2, 0.25) is 0 Å². The van der Waals surface area contributed by atoms with Crippen molar-refractivity contribution in [3.8, 4) is 5.75 Å². The first kappa shape index (κ1) is 17.5. The van der Waals surface area contributed by atoms with Crippen molar-refractivity contribution in [2.24, 2.45) is 5.92 Å². The summed E-state index contributed by atoms with van der Waals surface area (Å²) in [5.74, 6) is -0.746. The summed E-state index contributed by atoms with van der Waals surface area (Å²) in [7, 11) is 0. The van der Waals surface area contributed by atoms with E-state index < -0.39 is 24.0 Å². The van der Waals surface area contributed by atoms with Crippen LogP contribution in [-0.4, -0.2) is 29.1 Å².